The lowest BCUT2D eigenvalue weighted by Gasteiger charge is -2.34. The highest BCUT2D eigenvalue weighted by molar-refractivity contribution is 14.0. The van der Waals surface area contributed by atoms with Gasteiger partial charge in [0, 0.05) is 32.7 Å². The normalized spacial score (nSPS) is 25.0. The van der Waals surface area contributed by atoms with Crippen LogP contribution >= 0.6 is 24.0 Å². The highest BCUT2D eigenvalue weighted by Crippen LogP contribution is 2.18. The van der Waals surface area contributed by atoms with E-state index in [9.17, 15) is 0 Å². The van der Waals surface area contributed by atoms with Crippen molar-refractivity contribution >= 4 is 29.9 Å². The summed E-state index contributed by atoms with van der Waals surface area (Å²) in [4.78, 5) is 9.99. The van der Waals surface area contributed by atoms with E-state index in [0.29, 0.717) is 0 Å². The summed E-state index contributed by atoms with van der Waals surface area (Å²) in [5.74, 6) is 2.77. The second-order valence-corrected chi connectivity index (χ2v) is 6.77. The summed E-state index contributed by atoms with van der Waals surface area (Å²) >= 11 is 0. The number of nitrogens with one attached hydrogen (secondary N) is 1. The minimum atomic E-state index is 0. The molecule has 0 aromatic heterocycles. The third-order valence-electron chi connectivity index (χ3n) is 4.97. The van der Waals surface area contributed by atoms with Crippen LogP contribution in [0.25, 0.3) is 0 Å². The molecule has 2 aliphatic heterocycles. The van der Waals surface area contributed by atoms with E-state index >= 15 is 0 Å². The van der Waals surface area contributed by atoms with Gasteiger partial charge in [-0.15, -0.1) is 24.0 Å². The fourth-order valence-electron chi connectivity index (χ4n) is 3.45. The number of hydrogen-bond acceptors (Lipinski definition) is 2. The topological polar surface area (TPSA) is 30.9 Å². The smallest absolute Gasteiger partial charge is 0.193 e. The van der Waals surface area contributed by atoms with Crippen molar-refractivity contribution in [3.05, 3.63) is 0 Å². The van der Waals surface area contributed by atoms with Crippen LogP contribution < -0.4 is 5.32 Å². The van der Waals surface area contributed by atoms with Crippen molar-refractivity contribution in [2.24, 2.45) is 16.8 Å². The first-order chi connectivity index (χ1) is 10.2. The van der Waals surface area contributed by atoms with Crippen molar-refractivity contribution in [2.45, 2.75) is 46.5 Å². The number of halogens is 1. The number of likely N-dealkylation sites (tertiary alicyclic amines) is 2. The number of aliphatic imine (C=N–C) groups is 1. The van der Waals surface area contributed by atoms with Crippen LogP contribution in [0.5, 0.6) is 0 Å². The van der Waals surface area contributed by atoms with Crippen LogP contribution in [0.15, 0.2) is 4.99 Å². The first kappa shape index (κ1) is 20.0. The lowest BCUT2D eigenvalue weighted by Crippen LogP contribution is -2.46. The van der Waals surface area contributed by atoms with Gasteiger partial charge in [0.25, 0.3) is 0 Å². The van der Waals surface area contributed by atoms with Gasteiger partial charge in [-0.2, -0.15) is 0 Å². The lowest BCUT2D eigenvalue weighted by atomic mass is 9.98. The van der Waals surface area contributed by atoms with Crippen molar-refractivity contribution < 1.29 is 0 Å². The fourth-order valence-corrected chi connectivity index (χ4v) is 3.45. The van der Waals surface area contributed by atoms with E-state index < -0.39 is 0 Å². The van der Waals surface area contributed by atoms with E-state index in [1.807, 2.05) is 0 Å². The van der Waals surface area contributed by atoms with Crippen LogP contribution in [0.4, 0.5) is 0 Å². The lowest BCUT2D eigenvalue weighted by molar-refractivity contribution is 0.186. The SMILES string of the molecule is CCNC(=NCC1CCCN(CC)C1)N1CCC(C)CC1.I. The van der Waals surface area contributed by atoms with Gasteiger partial charge in [0.15, 0.2) is 5.96 Å². The molecular weight excluding hydrogens is 387 g/mol. The van der Waals surface area contributed by atoms with Crippen molar-refractivity contribution in [1.29, 1.82) is 0 Å². The van der Waals surface area contributed by atoms with Gasteiger partial charge in [-0.05, 0) is 57.5 Å². The van der Waals surface area contributed by atoms with Crippen LogP contribution in [0.3, 0.4) is 0 Å². The molecule has 5 heteroatoms. The number of nitrogens with zero attached hydrogens (tertiary/aromatic N) is 3. The monoisotopic (exact) mass is 422 g/mol. The van der Waals surface area contributed by atoms with Crippen LogP contribution in [0.2, 0.25) is 0 Å². The minimum Gasteiger partial charge on any atom is -0.357 e. The molecule has 0 aromatic rings. The van der Waals surface area contributed by atoms with Crippen LogP contribution in [0.1, 0.15) is 46.5 Å². The molecule has 2 fully saturated rings. The molecule has 130 valence electrons. The predicted molar refractivity (Wildman–Crippen MR) is 106 cm³/mol. The Hall–Kier alpha value is -0.0400. The van der Waals surface area contributed by atoms with E-state index in [2.05, 4.69) is 35.9 Å². The Morgan fingerprint density at radius 2 is 1.86 bits per heavy atom. The predicted octanol–water partition coefficient (Wildman–Crippen LogP) is 3.03. The van der Waals surface area contributed by atoms with Gasteiger partial charge in [0.05, 0.1) is 0 Å². The molecule has 0 spiro atoms. The molecule has 4 nitrogen and oxygen atoms in total. The zero-order valence-corrected chi connectivity index (χ0v) is 17.0. The molecule has 0 saturated carbocycles. The first-order valence-electron chi connectivity index (χ1n) is 8.98. The Bertz CT molecular complexity index is 327. The molecule has 0 radical (unpaired) electrons. The van der Waals surface area contributed by atoms with Gasteiger partial charge in [-0.25, -0.2) is 0 Å². The number of rotatable bonds is 4. The molecule has 0 bridgehead atoms. The van der Waals surface area contributed by atoms with Crippen molar-refractivity contribution in [3.8, 4) is 0 Å². The Morgan fingerprint density at radius 3 is 2.50 bits per heavy atom. The van der Waals surface area contributed by atoms with Gasteiger partial charge < -0.3 is 15.1 Å². The Kier molecular flexibility index (Phi) is 9.71. The summed E-state index contributed by atoms with van der Waals surface area (Å²) in [5.41, 5.74) is 0. The standard InChI is InChI=1S/C17H34N4.HI/c1-4-18-17(21-11-8-15(3)9-12-21)19-13-16-7-6-10-20(5-2)14-16;/h15-16H,4-14H2,1-3H3,(H,18,19);1H. The van der Waals surface area contributed by atoms with Crippen LogP contribution in [0, 0.1) is 11.8 Å². The van der Waals surface area contributed by atoms with Crippen molar-refractivity contribution in [3.63, 3.8) is 0 Å². The second kappa shape index (κ2) is 10.7. The molecule has 1 N–H and O–H groups in total. The zero-order valence-electron chi connectivity index (χ0n) is 14.7. The molecule has 2 heterocycles. The fraction of sp³-hybridized carbons (Fsp3) is 0.941. The summed E-state index contributed by atoms with van der Waals surface area (Å²) in [5, 5.41) is 3.49. The van der Waals surface area contributed by atoms with Crippen molar-refractivity contribution in [1.82, 2.24) is 15.1 Å². The van der Waals surface area contributed by atoms with E-state index in [1.54, 1.807) is 0 Å². The highest BCUT2D eigenvalue weighted by Gasteiger charge is 2.21. The van der Waals surface area contributed by atoms with Gasteiger partial charge in [-0.3, -0.25) is 4.99 Å². The Morgan fingerprint density at radius 1 is 1.14 bits per heavy atom. The maximum atomic E-state index is 4.96. The highest BCUT2D eigenvalue weighted by atomic mass is 127. The Labute approximate surface area is 154 Å². The van der Waals surface area contributed by atoms with Crippen LogP contribution in [-0.4, -0.2) is 61.6 Å². The van der Waals surface area contributed by atoms with E-state index in [-0.39, 0.29) is 24.0 Å². The number of piperidine rings is 2. The zero-order chi connectivity index (χ0) is 15.1. The third kappa shape index (κ3) is 6.22. The van der Waals surface area contributed by atoms with Crippen molar-refractivity contribution in [2.75, 3.05) is 45.8 Å². The molecule has 0 amide bonds. The van der Waals surface area contributed by atoms with Gasteiger partial charge >= 0.3 is 0 Å². The quantitative estimate of drug-likeness (QED) is 0.429. The molecule has 2 aliphatic rings. The Balaban J connectivity index is 0.00000242. The minimum absolute atomic E-state index is 0. The molecule has 2 saturated heterocycles. The molecule has 22 heavy (non-hydrogen) atoms. The summed E-state index contributed by atoms with van der Waals surface area (Å²) < 4.78 is 0. The summed E-state index contributed by atoms with van der Waals surface area (Å²) in [6.07, 6.45) is 5.29. The average molecular weight is 422 g/mol. The van der Waals surface area contributed by atoms with Crippen LogP contribution in [-0.2, 0) is 0 Å². The first-order valence-corrected chi connectivity index (χ1v) is 8.98. The summed E-state index contributed by atoms with van der Waals surface area (Å²) in [6, 6.07) is 0. The summed E-state index contributed by atoms with van der Waals surface area (Å²) in [6.45, 7) is 14.8. The maximum absolute atomic E-state index is 4.96. The van der Waals surface area contributed by atoms with Gasteiger partial charge in [0.2, 0.25) is 0 Å². The van der Waals surface area contributed by atoms with Gasteiger partial charge in [-0.1, -0.05) is 13.8 Å². The summed E-state index contributed by atoms with van der Waals surface area (Å²) in [7, 11) is 0. The van der Waals surface area contributed by atoms with E-state index in [0.717, 1.165) is 30.9 Å². The number of hydrogen-bond donors (Lipinski definition) is 1. The molecule has 0 aromatic carbocycles. The third-order valence-corrected chi connectivity index (χ3v) is 4.97. The molecule has 1 atom stereocenters. The largest absolute Gasteiger partial charge is 0.357 e. The molecule has 1 unspecified atom stereocenters. The van der Waals surface area contributed by atoms with E-state index in [1.165, 1.54) is 58.4 Å². The molecule has 2 rings (SSSR count). The number of guanidine groups is 1. The molecular formula is C17H35IN4. The average Bonchev–Trinajstić information content (AvgIpc) is 2.52. The maximum Gasteiger partial charge on any atom is 0.193 e. The van der Waals surface area contributed by atoms with E-state index in [4.69, 9.17) is 4.99 Å². The molecule has 0 aliphatic carbocycles. The second-order valence-electron chi connectivity index (χ2n) is 6.77. The van der Waals surface area contributed by atoms with Gasteiger partial charge in [0.1, 0.15) is 0 Å².